The first kappa shape index (κ1) is 20.8. The van der Waals surface area contributed by atoms with Gasteiger partial charge in [-0.25, -0.2) is 4.98 Å². The molecule has 1 N–H and O–H groups in total. The Bertz CT molecular complexity index is 1040. The van der Waals surface area contributed by atoms with E-state index in [2.05, 4.69) is 53.3 Å². The summed E-state index contributed by atoms with van der Waals surface area (Å²) in [5.41, 5.74) is 5.41. The standard InChI is InChI=1S/C25H29N5O/c1-18-4-8-21(9-5-18)17-24(31)29-12-14-30(15-13-29)25-26-20(3)16-23(28-25)27-22-10-6-19(2)7-11-22/h4-11,16H,12-15,17H2,1-3H3,(H,26,27,28). The van der Waals surface area contributed by atoms with E-state index in [0.29, 0.717) is 25.5 Å². The number of amides is 1. The van der Waals surface area contributed by atoms with Crippen molar-refractivity contribution in [2.24, 2.45) is 0 Å². The number of carbonyl (C=O) groups excluding carboxylic acids is 1. The molecule has 0 atom stereocenters. The minimum atomic E-state index is 0.176. The molecule has 0 aliphatic carbocycles. The molecular weight excluding hydrogens is 386 g/mol. The van der Waals surface area contributed by atoms with E-state index >= 15 is 0 Å². The van der Waals surface area contributed by atoms with E-state index in [9.17, 15) is 4.79 Å². The molecular formula is C25H29N5O. The second-order valence-electron chi connectivity index (χ2n) is 8.22. The number of hydrogen-bond acceptors (Lipinski definition) is 5. The van der Waals surface area contributed by atoms with Crippen LogP contribution in [-0.4, -0.2) is 47.0 Å². The number of nitrogens with zero attached hydrogens (tertiary/aromatic N) is 4. The van der Waals surface area contributed by atoms with E-state index in [4.69, 9.17) is 4.98 Å². The number of aromatic nitrogens is 2. The summed E-state index contributed by atoms with van der Waals surface area (Å²) >= 11 is 0. The summed E-state index contributed by atoms with van der Waals surface area (Å²) in [4.78, 5) is 26.1. The van der Waals surface area contributed by atoms with Crippen LogP contribution in [0.2, 0.25) is 0 Å². The van der Waals surface area contributed by atoms with Gasteiger partial charge >= 0.3 is 0 Å². The smallest absolute Gasteiger partial charge is 0.227 e. The molecule has 0 bridgehead atoms. The lowest BCUT2D eigenvalue weighted by molar-refractivity contribution is -0.130. The maximum absolute atomic E-state index is 12.7. The Kier molecular flexibility index (Phi) is 6.16. The monoisotopic (exact) mass is 415 g/mol. The Hall–Kier alpha value is -3.41. The predicted octanol–water partition coefficient (Wildman–Crippen LogP) is 4.04. The van der Waals surface area contributed by atoms with Crippen LogP contribution in [0.25, 0.3) is 0 Å². The molecule has 0 radical (unpaired) electrons. The van der Waals surface area contributed by atoms with Crippen molar-refractivity contribution in [2.45, 2.75) is 27.2 Å². The molecule has 1 fully saturated rings. The molecule has 0 unspecified atom stereocenters. The molecule has 1 aliphatic heterocycles. The van der Waals surface area contributed by atoms with E-state index in [1.807, 2.05) is 42.2 Å². The van der Waals surface area contributed by atoms with E-state index in [1.165, 1.54) is 11.1 Å². The fourth-order valence-electron chi connectivity index (χ4n) is 3.69. The summed E-state index contributed by atoms with van der Waals surface area (Å²) in [5, 5.41) is 3.37. The van der Waals surface area contributed by atoms with Crippen LogP contribution in [0.3, 0.4) is 0 Å². The SMILES string of the molecule is Cc1ccc(CC(=O)N2CCN(c3nc(C)cc(Nc4ccc(C)cc4)n3)CC2)cc1. The van der Waals surface area contributed by atoms with Crippen molar-refractivity contribution in [1.82, 2.24) is 14.9 Å². The number of aryl methyl sites for hydroxylation is 3. The van der Waals surface area contributed by atoms with Crippen LogP contribution in [-0.2, 0) is 11.2 Å². The van der Waals surface area contributed by atoms with Crippen molar-refractivity contribution in [2.75, 3.05) is 36.4 Å². The van der Waals surface area contributed by atoms with Crippen molar-refractivity contribution < 1.29 is 4.79 Å². The fraction of sp³-hybridized carbons (Fsp3) is 0.320. The summed E-state index contributed by atoms with van der Waals surface area (Å²) in [5.74, 6) is 1.67. The molecule has 4 rings (SSSR count). The molecule has 2 heterocycles. The molecule has 1 aromatic heterocycles. The minimum absolute atomic E-state index is 0.176. The van der Waals surface area contributed by atoms with Crippen molar-refractivity contribution >= 4 is 23.4 Å². The maximum atomic E-state index is 12.7. The van der Waals surface area contributed by atoms with Crippen LogP contribution < -0.4 is 10.2 Å². The molecule has 1 saturated heterocycles. The Morgan fingerprint density at radius 2 is 1.48 bits per heavy atom. The lowest BCUT2D eigenvalue weighted by Gasteiger charge is -2.35. The largest absolute Gasteiger partial charge is 0.340 e. The number of benzene rings is 2. The molecule has 0 spiro atoms. The fourth-order valence-corrected chi connectivity index (χ4v) is 3.69. The van der Waals surface area contributed by atoms with Crippen LogP contribution in [0.5, 0.6) is 0 Å². The Balaban J connectivity index is 1.37. The first-order valence-corrected chi connectivity index (χ1v) is 10.7. The molecule has 31 heavy (non-hydrogen) atoms. The average molecular weight is 416 g/mol. The van der Waals surface area contributed by atoms with E-state index < -0.39 is 0 Å². The summed E-state index contributed by atoms with van der Waals surface area (Å²) in [7, 11) is 0. The number of carbonyl (C=O) groups is 1. The summed E-state index contributed by atoms with van der Waals surface area (Å²) in [6, 6.07) is 18.4. The summed E-state index contributed by atoms with van der Waals surface area (Å²) in [6.07, 6.45) is 0.450. The van der Waals surface area contributed by atoms with Crippen molar-refractivity contribution in [3.63, 3.8) is 0 Å². The number of nitrogens with one attached hydrogen (secondary N) is 1. The molecule has 160 valence electrons. The highest BCUT2D eigenvalue weighted by molar-refractivity contribution is 5.79. The molecule has 1 amide bonds. The zero-order valence-electron chi connectivity index (χ0n) is 18.4. The molecule has 0 saturated carbocycles. The molecule has 1 aliphatic rings. The summed E-state index contributed by atoms with van der Waals surface area (Å²) < 4.78 is 0. The van der Waals surface area contributed by atoms with Gasteiger partial charge < -0.3 is 15.1 Å². The van der Waals surface area contributed by atoms with Crippen molar-refractivity contribution in [1.29, 1.82) is 0 Å². The van der Waals surface area contributed by atoms with Crippen LogP contribution in [0.1, 0.15) is 22.4 Å². The Morgan fingerprint density at radius 3 is 2.13 bits per heavy atom. The van der Waals surface area contributed by atoms with Crippen LogP contribution >= 0.6 is 0 Å². The number of anilines is 3. The van der Waals surface area contributed by atoms with Gasteiger partial charge in [-0.2, -0.15) is 4.98 Å². The third-order valence-corrected chi connectivity index (χ3v) is 5.56. The number of rotatable bonds is 5. The third kappa shape index (κ3) is 5.40. The van der Waals surface area contributed by atoms with Gasteiger partial charge in [0.1, 0.15) is 5.82 Å². The van der Waals surface area contributed by atoms with E-state index in [-0.39, 0.29) is 5.91 Å². The lowest BCUT2D eigenvalue weighted by atomic mass is 10.1. The van der Waals surface area contributed by atoms with Gasteiger partial charge in [-0.3, -0.25) is 4.79 Å². The van der Waals surface area contributed by atoms with Gasteiger partial charge in [0.2, 0.25) is 11.9 Å². The van der Waals surface area contributed by atoms with Gasteiger partial charge in [0, 0.05) is 43.6 Å². The van der Waals surface area contributed by atoms with Crippen LogP contribution in [0, 0.1) is 20.8 Å². The second kappa shape index (κ2) is 9.16. The van der Waals surface area contributed by atoms with Crippen LogP contribution in [0.15, 0.2) is 54.6 Å². The molecule has 2 aromatic carbocycles. The highest BCUT2D eigenvalue weighted by Gasteiger charge is 2.23. The van der Waals surface area contributed by atoms with Gasteiger partial charge in [-0.1, -0.05) is 47.5 Å². The first-order chi connectivity index (χ1) is 15.0. The van der Waals surface area contributed by atoms with Gasteiger partial charge in [-0.15, -0.1) is 0 Å². The predicted molar refractivity (Wildman–Crippen MR) is 125 cm³/mol. The zero-order chi connectivity index (χ0) is 21.8. The second-order valence-corrected chi connectivity index (χ2v) is 8.22. The van der Waals surface area contributed by atoms with E-state index in [0.717, 1.165) is 35.9 Å². The highest BCUT2D eigenvalue weighted by atomic mass is 16.2. The van der Waals surface area contributed by atoms with Gasteiger partial charge in [0.15, 0.2) is 0 Å². The first-order valence-electron chi connectivity index (χ1n) is 10.7. The maximum Gasteiger partial charge on any atom is 0.227 e. The number of hydrogen-bond donors (Lipinski definition) is 1. The summed E-state index contributed by atoms with van der Waals surface area (Å²) in [6.45, 7) is 8.93. The highest BCUT2D eigenvalue weighted by Crippen LogP contribution is 2.20. The Morgan fingerprint density at radius 1 is 0.871 bits per heavy atom. The molecule has 3 aromatic rings. The number of piperazine rings is 1. The normalized spacial score (nSPS) is 13.9. The average Bonchev–Trinajstić information content (AvgIpc) is 2.77. The molecule has 6 heteroatoms. The van der Waals surface area contributed by atoms with Gasteiger partial charge in [-0.05, 0) is 38.5 Å². The van der Waals surface area contributed by atoms with Crippen molar-refractivity contribution in [3.05, 3.63) is 77.0 Å². The topological polar surface area (TPSA) is 61.4 Å². The van der Waals surface area contributed by atoms with E-state index in [1.54, 1.807) is 0 Å². The lowest BCUT2D eigenvalue weighted by Crippen LogP contribution is -2.49. The molecule has 6 nitrogen and oxygen atoms in total. The minimum Gasteiger partial charge on any atom is -0.340 e. The quantitative estimate of drug-likeness (QED) is 0.682. The third-order valence-electron chi connectivity index (χ3n) is 5.56. The van der Waals surface area contributed by atoms with Crippen LogP contribution in [0.4, 0.5) is 17.5 Å². The van der Waals surface area contributed by atoms with Gasteiger partial charge in [0.05, 0.1) is 6.42 Å². The Labute approximate surface area is 183 Å². The van der Waals surface area contributed by atoms with Crippen molar-refractivity contribution in [3.8, 4) is 0 Å². The van der Waals surface area contributed by atoms with Gasteiger partial charge in [0.25, 0.3) is 0 Å². The zero-order valence-corrected chi connectivity index (χ0v) is 18.4.